The number of carbonyl (C=O) groups excluding carboxylic acids is 4. The standard InChI is InChI=1S/C34H45N5O7/c1-21(2)30-32(42)36-28(19-24-10-7-11-26(40)18-24)33(43)39-16-8-12-27(38-39)34(44)46-20-25-17-23(14-15-35-25)9-5-6-13-29(45-4)22(3)31(41)37-30/h5,7,9-11,14-15,17-18,21-22,27-30,38,40H,6,8,12-13,16,19-20H2,1-4H3,(H,36,42)(H,37,41)/b9-5+/t22-,27+,28+,29?,30+/m1/s1. The molecule has 248 valence electrons. The maximum absolute atomic E-state index is 14.0. The summed E-state index contributed by atoms with van der Waals surface area (Å²) in [5, 5.41) is 17.1. The Labute approximate surface area is 269 Å². The number of nitrogens with one attached hydrogen (secondary N) is 3. The number of rotatable bonds is 4. The highest BCUT2D eigenvalue weighted by atomic mass is 16.5. The van der Waals surface area contributed by atoms with Gasteiger partial charge in [-0.05, 0) is 67.0 Å². The van der Waals surface area contributed by atoms with Crippen LogP contribution >= 0.6 is 0 Å². The van der Waals surface area contributed by atoms with Crippen LogP contribution in [-0.2, 0) is 41.7 Å². The van der Waals surface area contributed by atoms with Gasteiger partial charge in [-0.2, -0.15) is 0 Å². The van der Waals surface area contributed by atoms with Crippen LogP contribution in [0.4, 0.5) is 0 Å². The number of allylic oxidation sites excluding steroid dienone is 1. The molecular formula is C34H45N5O7. The summed E-state index contributed by atoms with van der Waals surface area (Å²) in [5.41, 5.74) is 5.08. The van der Waals surface area contributed by atoms with E-state index in [0.29, 0.717) is 43.5 Å². The molecule has 0 saturated carbocycles. The predicted molar refractivity (Wildman–Crippen MR) is 171 cm³/mol. The molecule has 3 heterocycles. The van der Waals surface area contributed by atoms with Gasteiger partial charge >= 0.3 is 5.97 Å². The second-order valence-corrected chi connectivity index (χ2v) is 12.2. The number of ether oxygens (including phenoxy) is 2. The number of pyridine rings is 1. The number of cyclic esters (lactones) is 1. The molecule has 46 heavy (non-hydrogen) atoms. The Morgan fingerprint density at radius 3 is 2.63 bits per heavy atom. The van der Waals surface area contributed by atoms with E-state index in [1.54, 1.807) is 32.4 Å². The molecule has 0 spiro atoms. The fraction of sp³-hybridized carbons (Fsp3) is 0.500. The van der Waals surface area contributed by atoms with Crippen LogP contribution < -0.4 is 16.1 Å². The molecule has 4 N–H and O–H groups in total. The first-order valence-electron chi connectivity index (χ1n) is 15.8. The van der Waals surface area contributed by atoms with Gasteiger partial charge in [-0.1, -0.05) is 45.1 Å². The number of aromatic nitrogens is 1. The first kappa shape index (κ1) is 34.6. The van der Waals surface area contributed by atoms with Crippen molar-refractivity contribution in [3.05, 3.63) is 65.5 Å². The zero-order valence-corrected chi connectivity index (χ0v) is 26.9. The summed E-state index contributed by atoms with van der Waals surface area (Å²) in [6.07, 6.45) is 7.46. The molecule has 0 aliphatic carbocycles. The Morgan fingerprint density at radius 2 is 1.89 bits per heavy atom. The number of hydrogen-bond donors (Lipinski definition) is 4. The number of amides is 3. The van der Waals surface area contributed by atoms with Crippen molar-refractivity contribution in [2.45, 2.75) is 83.7 Å². The third-order valence-electron chi connectivity index (χ3n) is 8.35. The summed E-state index contributed by atoms with van der Waals surface area (Å²) >= 11 is 0. The second kappa shape index (κ2) is 16.3. The summed E-state index contributed by atoms with van der Waals surface area (Å²) < 4.78 is 11.2. The molecule has 2 aliphatic heterocycles. The topological polar surface area (TPSA) is 159 Å². The number of phenols is 1. The lowest BCUT2D eigenvalue weighted by molar-refractivity contribution is -0.154. The Balaban J connectivity index is 1.64. The summed E-state index contributed by atoms with van der Waals surface area (Å²) in [4.78, 5) is 58.5. The van der Waals surface area contributed by atoms with Crippen LogP contribution in [0.5, 0.6) is 5.75 Å². The van der Waals surface area contributed by atoms with Crippen molar-refractivity contribution in [3.63, 3.8) is 0 Å². The number of hydrogen-bond acceptors (Lipinski definition) is 9. The molecule has 1 fully saturated rings. The number of hydrazine groups is 1. The van der Waals surface area contributed by atoms with Crippen molar-refractivity contribution in [1.29, 1.82) is 0 Å². The first-order valence-corrected chi connectivity index (χ1v) is 15.8. The molecule has 2 aromatic rings. The third-order valence-corrected chi connectivity index (χ3v) is 8.35. The number of methoxy groups -OCH3 is 1. The van der Waals surface area contributed by atoms with Crippen LogP contribution in [0.15, 0.2) is 48.7 Å². The van der Waals surface area contributed by atoms with Gasteiger partial charge in [0.25, 0.3) is 5.91 Å². The highest BCUT2D eigenvalue weighted by molar-refractivity contribution is 5.93. The minimum atomic E-state index is -1.06. The van der Waals surface area contributed by atoms with Gasteiger partial charge in [-0.25, -0.2) is 5.43 Å². The predicted octanol–water partition coefficient (Wildman–Crippen LogP) is 2.65. The molecule has 12 heteroatoms. The number of benzene rings is 1. The lowest BCUT2D eigenvalue weighted by Crippen LogP contribution is -2.62. The Kier molecular flexibility index (Phi) is 12.3. The monoisotopic (exact) mass is 635 g/mol. The van der Waals surface area contributed by atoms with Crippen LogP contribution in [0.3, 0.4) is 0 Å². The van der Waals surface area contributed by atoms with Gasteiger partial charge in [-0.15, -0.1) is 0 Å². The van der Waals surface area contributed by atoms with E-state index in [4.69, 9.17) is 9.47 Å². The van der Waals surface area contributed by atoms with Crippen LogP contribution in [0.25, 0.3) is 6.08 Å². The zero-order chi connectivity index (χ0) is 33.2. The van der Waals surface area contributed by atoms with E-state index >= 15 is 0 Å². The van der Waals surface area contributed by atoms with Gasteiger partial charge in [-0.3, -0.25) is 29.2 Å². The van der Waals surface area contributed by atoms with E-state index in [9.17, 15) is 24.3 Å². The van der Waals surface area contributed by atoms with Gasteiger partial charge in [0.05, 0.1) is 17.7 Å². The van der Waals surface area contributed by atoms with E-state index in [1.807, 2.05) is 38.1 Å². The molecule has 4 bridgehead atoms. The SMILES string of the molecule is COC1CC/C=C/c2ccnc(c2)COC(=O)[C@@H]2CCCN(N2)C(=O)[C@H](Cc2cccc(O)c2)NC(=O)[C@H](C(C)C)NC(=O)[C@@H]1C. The maximum atomic E-state index is 14.0. The number of carbonyl (C=O) groups is 4. The van der Waals surface area contributed by atoms with Crippen molar-refractivity contribution in [3.8, 4) is 5.75 Å². The van der Waals surface area contributed by atoms with Crippen molar-refractivity contribution in [1.82, 2.24) is 26.1 Å². The van der Waals surface area contributed by atoms with Crippen molar-refractivity contribution < 1.29 is 33.8 Å². The number of nitrogens with zero attached hydrogens (tertiary/aromatic N) is 2. The Bertz CT molecular complexity index is 1410. The van der Waals surface area contributed by atoms with Crippen LogP contribution in [0.1, 0.15) is 63.3 Å². The molecular weight excluding hydrogens is 590 g/mol. The highest BCUT2D eigenvalue weighted by Gasteiger charge is 2.36. The average Bonchev–Trinajstić information content (AvgIpc) is 3.04. The smallest absolute Gasteiger partial charge is 0.325 e. The third kappa shape index (κ3) is 9.37. The molecule has 4 rings (SSSR count). The van der Waals surface area contributed by atoms with Crippen LogP contribution in [0.2, 0.25) is 0 Å². The van der Waals surface area contributed by atoms with E-state index in [-0.39, 0.29) is 30.6 Å². The zero-order valence-electron chi connectivity index (χ0n) is 26.9. The van der Waals surface area contributed by atoms with Gasteiger partial charge < -0.3 is 25.2 Å². The molecule has 1 saturated heterocycles. The van der Waals surface area contributed by atoms with Gasteiger partial charge in [0.15, 0.2) is 0 Å². The molecule has 1 unspecified atom stereocenters. The maximum Gasteiger partial charge on any atom is 0.325 e. The fourth-order valence-electron chi connectivity index (χ4n) is 5.65. The number of phenolic OH excluding ortho intramolecular Hbond substituents is 1. The molecule has 5 atom stereocenters. The molecule has 0 radical (unpaired) electrons. The van der Waals surface area contributed by atoms with E-state index in [2.05, 4.69) is 21.0 Å². The lowest BCUT2D eigenvalue weighted by atomic mass is 9.96. The van der Waals surface area contributed by atoms with E-state index < -0.39 is 47.9 Å². The molecule has 12 nitrogen and oxygen atoms in total. The lowest BCUT2D eigenvalue weighted by Gasteiger charge is -2.35. The summed E-state index contributed by atoms with van der Waals surface area (Å²) in [6.45, 7) is 5.68. The summed E-state index contributed by atoms with van der Waals surface area (Å²) in [7, 11) is 1.56. The number of esters is 1. The van der Waals surface area contributed by atoms with E-state index in [0.717, 1.165) is 5.56 Å². The molecule has 3 amide bonds. The largest absolute Gasteiger partial charge is 0.508 e. The summed E-state index contributed by atoms with van der Waals surface area (Å²) in [6, 6.07) is 7.38. The normalized spacial score (nSPS) is 26.3. The minimum absolute atomic E-state index is 0.0260. The average molecular weight is 636 g/mol. The van der Waals surface area contributed by atoms with Crippen LogP contribution in [0, 0.1) is 11.8 Å². The van der Waals surface area contributed by atoms with Gasteiger partial charge in [0.2, 0.25) is 11.8 Å². The molecule has 1 aromatic heterocycles. The Morgan fingerprint density at radius 1 is 1.09 bits per heavy atom. The van der Waals surface area contributed by atoms with Gasteiger partial charge in [0.1, 0.15) is 30.5 Å². The second-order valence-electron chi connectivity index (χ2n) is 12.2. The molecule has 2 aliphatic rings. The highest BCUT2D eigenvalue weighted by Crippen LogP contribution is 2.19. The first-order chi connectivity index (χ1) is 22.0. The quantitative estimate of drug-likeness (QED) is 0.371. The van der Waals surface area contributed by atoms with Gasteiger partial charge in [0, 0.05) is 26.3 Å². The number of fused-ring (bicyclic) bond motifs is 4. The molecule has 1 aromatic carbocycles. The minimum Gasteiger partial charge on any atom is -0.508 e. The fourth-order valence-corrected chi connectivity index (χ4v) is 5.65. The van der Waals surface area contributed by atoms with E-state index in [1.165, 1.54) is 17.1 Å². The van der Waals surface area contributed by atoms with Crippen molar-refractivity contribution in [2.24, 2.45) is 11.8 Å². The summed E-state index contributed by atoms with van der Waals surface area (Å²) in [5.74, 6) is -2.64. The van der Waals surface area contributed by atoms with Crippen LogP contribution in [-0.4, -0.2) is 76.7 Å². The Hall–Kier alpha value is -4.29. The van der Waals surface area contributed by atoms with Crippen molar-refractivity contribution >= 4 is 29.8 Å². The van der Waals surface area contributed by atoms with Crippen molar-refractivity contribution in [2.75, 3.05) is 13.7 Å². The number of aromatic hydroxyl groups is 1.